The first kappa shape index (κ1) is 18.3. The van der Waals surface area contributed by atoms with E-state index in [-0.39, 0.29) is 18.2 Å². The number of nitrogens with one attached hydrogen (secondary N) is 1. The van der Waals surface area contributed by atoms with Crippen LogP contribution in [-0.2, 0) is 30.3 Å². The van der Waals surface area contributed by atoms with Crippen molar-refractivity contribution in [2.24, 2.45) is 0 Å². The number of anilines is 1. The molecule has 0 radical (unpaired) electrons. The first-order chi connectivity index (χ1) is 11.5. The van der Waals surface area contributed by atoms with Crippen LogP contribution in [0.4, 0.5) is 5.13 Å². The van der Waals surface area contributed by atoms with E-state index in [9.17, 15) is 14.4 Å². The van der Waals surface area contributed by atoms with Gasteiger partial charge in [0.05, 0.1) is 18.7 Å². The highest BCUT2D eigenvalue weighted by Gasteiger charge is 2.25. The summed E-state index contributed by atoms with van der Waals surface area (Å²) in [4.78, 5) is 41.2. The van der Waals surface area contributed by atoms with Gasteiger partial charge in [0.2, 0.25) is 5.91 Å². The average molecular weight is 355 g/mol. The number of esters is 1. The van der Waals surface area contributed by atoms with Crippen molar-refractivity contribution in [1.29, 1.82) is 0 Å². The first-order valence-electron chi connectivity index (χ1n) is 7.72. The van der Waals surface area contributed by atoms with Gasteiger partial charge in [0.25, 0.3) is 5.91 Å². The first-order valence-corrected chi connectivity index (χ1v) is 8.60. The maximum absolute atomic E-state index is 11.9. The third-order valence-corrected chi connectivity index (χ3v) is 4.36. The fourth-order valence-electron chi connectivity index (χ4n) is 2.21. The molecule has 1 aliphatic rings. The lowest BCUT2D eigenvalue weighted by molar-refractivity contribution is -0.154. The molecule has 9 heteroatoms. The summed E-state index contributed by atoms with van der Waals surface area (Å²) in [5.41, 5.74) is 0.534. The number of methoxy groups -OCH3 is 1. The maximum atomic E-state index is 11.9. The highest BCUT2D eigenvalue weighted by molar-refractivity contribution is 7.14. The van der Waals surface area contributed by atoms with E-state index in [4.69, 9.17) is 9.47 Å². The van der Waals surface area contributed by atoms with Gasteiger partial charge in [-0.25, -0.2) is 4.98 Å². The second-order valence-corrected chi connectivity index (χ2v) is 6.20. The molecule has 0 bridgehead atoms. The zero-order valence-electron chi connectivity index (χ0n) is 13.7. The number of hydrogen-bond acceptors (Lipinski definition) is 7. The maximum Gasteiger partial charge on any atom is 0.312 e. The Bertz CT molecular complexity index is 604. The van der Waals surface area contributed by atoms with E-state index in [2.05, 4.69) is 10.3 Å². The van der Waals surface area contributed by atoms with Gasteiger partial charge >= 0.3 is 5.97 Å². The van der Waals surface area contributed by atoms with E-state index >= 15 is 0 Å². The summed E-state index contributed by atoms with van der Waals surface area (Å²) < 4.78 is 9.92. The Balaban J connectivity index is 1.81. The van der Waals surface area contributed by atoms with Gasteiger partial charge in [0.1, 0.15) is 0 Å². The normalized spacial score (nSPS) is 15.4. The number of aromatic nitrogens is 1. The molecular formula is C15H21N3O5S. The molecule has 0 aliphatic carbocycles. The Kier molecular flexibility index (Phi) is 6.68. The van der Waals surface area contributed by atoms with Crippen LogP contribution in [0.15, 0.2) is 5.38 Å². The molecule has 1 saturated heterocycles. The van der Waals surface area contributed by atoms with Gasteiger partial charge < -0.3 is 14.8 Å². The Morgan fingerprint density at radius 3 is 2.96 bits per heavy atom. The van der Waals surface area contributed by atoms with Crippen LogP contribution in [0.5, 0.6) is 0 Å². The summed E-state index contributed by atoms with van der Waals surface area (Å²) >= 11 is 1.32. The fourth-order valence-corrected chi connectivity index (χ4v) is 3.08. The molecule has 1 aromatic rings. The second-order valence-electron chi connectivity index (χ2n) is 5.36. The van der Waals surface area contributed by atoms with Gasteiger partial charge in [-0.05, 0) is 13.3 Å². The molecule has 0 spiro atoms. The zero-order valence-corrected chi connectivity index (χ0v) is 14.6. The smallest absolute Gasteiger partial charge is 0.312 e. The van der Waals surface area contributed by atoms with Gasteiger partial charge in [-0.2, -0.15) is 0 Å². The molecule has 0 saturated carbocycles. The second kappa shape index (κ2) is 8.74. The molecule has 132 valence electrons. The highest BCUT2D eigenvalue weighted by Crippen LogP contribution is 2.25. The van der Waals surface area contributed by atoms with Crippen LogP contribution in [0.25, 0.3) is 0 Å². The molecule has 24 heavy (non-hydrogen) atoms. The topological polar surface area (TPSA) is 97.8 Å². The number of carbonyl (C=O) groups is 3. The molecule has 0 unspecified atom stereocenters. The van der Waals surface area contributed by atoms with Gasteiger partial charge in [0.15, 0.2) is 11.2 Å². The number of carbonyl (C=O) groups excluding carboxylic acids is 3. The van der Waals surface area contributed by atoms with E-state index < -0.39 is 12.1 Å². The summed E-state index contributed by atoms with van der Waals surface area (Å²) in [5, 5.41) is 4.93. The van der Waals surface area contributed by atoms with Crippen LogP contribution in [0.2, 0.25) is 0 Å². The quantitative estimate of drug-likeness (QED) is 0.539. The molecular weight excluding hydrogens is 334 g/mol. The van der Waals surface area contributed by atoms with Crippen molar-refractivity contribution in [3.8, 4) is 0 Å². The van der Waals surface area contributed by atoms with E-state index in [0.29, 0.717) is 36.9 Å². The van der Waals surface area contributed by atoms with Crippen LogP contribution in [0, 0.1) is 0 Å². The number of nitrogens with zero attached hydrogens (tertiary/aromatic N) is 2. The Morgan fingerprint density at radius 1 is 1.50 bits per heavy atom. The molecule has 1 N–H and O–H groups in total. The summed E-state index contributed by atoms with van der Waals surface area (Å²) in [6.07, 6.45) is 0.444. The molecule has 2 heterocycles. The van der Waals surface area contributed by atoms with Gasteiger partial charge in [-0.15, -0.1) is 11.3 Å². The molecule has 1 fully saturated rings. The minimum atomic E-state index is -0.882. The van der Waals surface area contributed by atoms with Crippen LogP contribution < -0.4 is 10.2 Å². The number of rotatable bonds is 8. The number of thiazole rings is 1. The third kappa shape index (κ3) is 5.00. The number of amides is 2. The zero-order chi connectivity index (χ0) is 17.5. The lowest BCUT2D eigenvalue weighted by Gasteiger charge is -2.13. The molecule has 2 rings (SSSR count). The number of ether oxygens (including phenoxy) is 2. The molecule has 2 amide bonds. The van der Waals surface area contributed by atoms with Gasteiger partial charge in [-0.1, -0.05) is 0 Å². The van der Waals surface area contributed by atoms with Crippen molar-refractivity contribution in [2.45, 2.75) is 32.3 Å². The van der Waals surface area contributed by atoms with Crippen molar-refractivity contribution in [1.82, 2.24) is 10.3 Å². The lowest BCUT2D eigenvalue weighted by atomic mass is 10.3. The van der Waals surface area contributed by atoms with E-state index in [1.54, 1.807) is 10.3 Å². The number of hydrogen-bond donors (Lipinski definition) is 1. The standard InChI is InChI=1S/C15H21N3O5S/c1-10(14(21)16-5-7-22-2)23-13(20)8-11-9-24-15(17-11)18-6-3-4-12(18)19/h9-10H,3-8H2,1-2H3,(H,16,21)/t10-/m0/s1. The monoisotopic (exact) mass is 355 g/mol. The van der Waals surface area contributed by atoms with Crippen LogP contribution in [0.3, 0.4) is 0 Å². The van der Waals surface area contributed by atoms with Crippen LogP contribution >= 0.6 is 11.3 Å². The molecule has 1 atom stereocenters. The SMILES string of the molecule is COCCNC(=O)[C@H](C)OC(=O)Cc1csc(N2CCCC2=O)n1. The van der Waals surface area contributed by atoms with Gasteiger partial charge in [-0.3, -0.25) is 19.3 Å². The van der Waals surface area contributed by atoms with E-state index in [1.807, 2.05) is 0 Å². The summed E-state index contributed by atoms with van der Waals surface area (Å²) in [7, 11) is 1.54. The van der Waals surface area contributed by atoms with Crippen LogP contribution in [0.1, 0.15) is 25.5 Å². The van der Waals surface area contributed by atoms with Crippen molar-refractivity contribution in [2.75, 3.05) is 31.7 Å². The molecule has 1 aliphatic heterocycles. The minimum absolute atomic E-state index is 0.0335. The van der Waals surface area contributed by atoms with Crippen molar-refractivity contribution in [3.63, 3.8) is 0 Å². The Labute approximate surface area is 144 Å². The Hall–Kier alpha value is -2.00. The van der Waals surface area contributed by atoms with E-state index in [0.717, 1.165) is 6.42 Å². The molecule has 8 nitrogen and oxygen atoms in total. The average Bonchev–Trinajstić information content (AvgIpc) is 3.15. The largest absolute Gasteiger partial charge is 0.452 e. The van der Waals surface area contributed by atoms with E-state index in [1.165, 1.54) is 25.4 Å². The predicted octanol–water partition coefficient (Wildman–Crippen LogP) is 0.507. The summed E-state index contributed by atoms with van der Waals surface area (Å²) in [5.74, 6) is -0.851. The highest BCUT2D eigenvalue weighted by atomic mass is 32.1. The van der Waals surface area contributed by atoms with Crippen LogP contribution in [-0.4, -0.2) is 55.7 Å². The summed E-state index contributed by atoms with van der Waals surface area (Å²) in [6, 6.07) is 0. The van der Waals surface area contributed by atoms with Crippen molar-refractivity contribution < 1.29 is 23.9 Å². The lowest BCUT2D eigenvalue weighted by Crippen LogP contribution is -2.37. The van der Waals surface area contributed by atoms with Gasteiger partial charge in [0, 0.05) is 32.0 Å². The Morgan fingerprint density at radius 2 is 2.29 bits per heavy atom. The van der Waals surface area contributed by atoms with Crippen molar-refractivity contribution >= 4 is 34.3 Å². The summed E-state index contributed by atoms with van der Waals surface area (Å²) in [6.45, 7) is 2.92. The molecule has 0 aromatic carbocycles. The minimum Gasteiger partial charge on any atom is -0.452 e. The molecule has 1 aromatic heterocycles. The fraction of sp³-hybridized carbons (Fsp3) is 0.600. The van der Waals surface area contributed by atoms with Crippen molar-refractivity contribution in [3.05, 3.63) is 11.1 Å². The third-order valence-electron chi connectivity index (χ3n) is 3.45. The predicted molar refractivity (Wildman–Crippen MR) is 87.8 cm³/mol.